The van der Waals surface area contributed by atoms with Crippen molar-refractivity contribution < 1.29 is 4.79 Å². The molecular formula is C15H27Cl2N3OS. The van der Waals surface area contributed by atoms with E-state index in [-0.39, 0.29) is 36.8 Å². The average Bonchev–Trinajstić information content (AvgIpc) is 2.94. The van der Waals surface area contributed by atoms with Crippen molar-refractivity contribution in [2.45, 2.75) is 38.8 Å². The number of likely N-dealkylation sites (tertiary alicyclic amines) is 1. The lowest BCUT2D eigenvalue weighted by Crippen LogP contribution is -2.45. The summed E-state index contributed by atoms with van der Waals surface area (Å²) >= 11 is 1.76. The van der Waals surface area contributed by atoms with Crippen molar-refractivity contribution in [2.75, 3.05) is 19.6 Å². The maximum atomic E-state index is 11.7. The number of nitrogens with zero attached hydrogens (tertiary/aromatic N) is 1. The molecule has 4 nitrogen and oxygen atoms in total. The molecule has 0 spiro atoms. The Morgan fingerprint density at radius 1 is 1.45 bits per heavy atom. The van der Waals surface area contributed by atoms with Gasteiger partial charge in [0.25, 0.3) is 0 Å². The molecule has 0 aliphatic carbocycles. The third-order valence-electron chi connectivity index (χ3n) is 4.01. The largest absolute Gasteiger partial charge is 0.353 e. The fourth-order valence-electron chi connectivity index (χ4n) is 2.59. The molecule has 7 heteroatoms. The molecule has 0 radical (unpaired) electrons. The molecule has 2 atom stereocenters. The first-order valence-electron chi connectivity index (χ1n) is 7.38. The first kappa shape index (κ1) is 21.7. The number of amides is 1. The summed E-state index contributed by atoms with van der Waals surface area (Å²) < 4.78 is 0. The second-order valence-electron chi connectivity index (χ2n) is 5.78. The Hall–Kier alpha value is -0.330. The summed E-state index contributed by atoms with van der Waals surface area (Å²) in [6.07, 6.45) is 2.48. The highest BCUT2D eigenvalue weighted by atomic mass is 35.5. The summed E-state index contributed by atoms with van der Waals surface area (Å²) in [6.45, 7) is 6.90. The van der Waals surface area contributed by atoms with Crippen LogP contribution in [0.25, 0.3) is 0 Å². The Balaban J connectivity index is 0.00000220. The minimum absolute atomic E-state index is 0. The molecule has 0 saturated carbocycles. The number of piperidine rings is 1. The molecule has 128 valence electrons. The smallest absolute Gasteiger partial charge is 0.236 e. The van der Waals surface area contributed by atoms with Crippen LogP contribution in [-0.4, -0.2) is 36.5 Å². The van der Waals surface area contributed by atoms with Gasteiger partial charge in [-0.25, -0.2) is 0 Å². The molecular weight excluding hydrogens is 341 g/mol. The summed E-state index contributed by atoms with van der Waals surface area (Å²) in [5, 5.41) is 5.08. The number of carbonyl (C=O) groups is 1. The SMILES string of the molecule is CC1CCN(C(CNC(=O)[C@@H](C)N)c2cccs2)CC1.Cl.Cl. The molecule has 1 aliphatic heterocycles. The Bertz CT molecular complexity index is 420. The van der Waals surface area contributed by atoms with Gasteiger partial charge in [-0.2, -0.15) is 0 Å². The second-order valence-corrected chi connectivity index (χ2v) is 6.76. The van der Waals surface area contributed by atoms with E-state index in [0.29, 0.717) is 6.54 Å². The van der Waals surface area contributed by atoms with Crippen LogP contribution in [-0.2, 0) is 4.79 Å². The predicted octanol–water partition coefficient (Wildman–Crippen LogP) is 2.83. The Morgan fingerprint density at radius 2 is 2.09 bits per heavy atom. The van der Waals surface area contributed by atoms with Crippen LogP contribution in [0.15, 0.2) is 17.5 Å². The zero-order chi connectivity index (χ0) is 14.5. The third-order valence-corrected chi connectivity index (χ3v) is 4.99. The molecule has 1 aliphatic rings. The van der Waals surface area contributed by atoms with Gasteiger partial charge < -0.3 is 11.1 Å². The number of rotatable bonds is 5. The van der Waals surface area contributed by atoms with E-state index in [4.69, 9.17) is 5.73 Å². The lowest BCUT2D eigenvalue weighted by atomic mass is 9.97. The van der Waals surface area contributed by atoms with Crippen LogP contribution < -0.4 is 11.1 Å². The van der Waals surface area contributed by atoms with E-state index in [1.165, 1.54) is 17.7 Å². The lowest BCUT2D eigenvalue weighted by molar-refractivity contribution is -0.122. The summed E-state index contributed by atoms with van der Waals surface area (Å²) in [5.41, 5.74) is 5.61. The van der Waals surface area contributed by atoms with Gasteiger partial charge in [0, 0.05) is 11.4 Å². The van der Waals surface area contributed by atoms with Gasteiger partial charge in [-0.1, -0.05) is 13.0 Å². The van der Waals surface area contributed by atoms with Crippen molar-refractivity contribution in [1.82, 2.24) is 10.2 Å². The van der Waals surface area contributed by atoms with Crippen LogP contribution in [0, 0.1) is 5.92 Å². The van der Waals surface area contributed by atoms with E-state index in [9.17, 15) is 4.79 Å². The minimum Gasteiger partial charge on any atom is -0.353 e. The molecule has 1 fully saturated rings. The number of thiophene rings is 1. The molecule has 1 aromatic rings. The molecule has 3 N–H and O–H groups in total. The fraction of sp³-hybridized carbons (Fsp3) is 0.667. The van der Waals surface area contributed by atoms with Gasteiger partial charge in [-0.15, -0.1) is 36.2 Å². The van der Waals surface area contributed by atoms with Gasteiger partial charge in [0.1, 0.15) is 0 Å². The standard InChI is InChI=1S/C15H25N3OS.2ClH/c1-11-5-7-18(8-6-11)13(14-4-3-9-20-14)10-17-15(19)12(2)16;;/h3-4,9,11-13H,5-8,10,16H2,1-2H3,(H,17,19);2*1H/t12-,13?;;/m1../s1. The van der Waals surface area contributed by atoms with Crippen LogP contribution in [0.4, 0.5) is 0 Å². The summed E-state index contributed by atoms with van der Waals surface area (Å²) in [4.78, 5) is 15.5. The highest BCUT2D eigenvalue weighted by molar-refractivity contribution is 7.10. The normalized spacial score (nSPS) is 18.7. The summed E-state index contributed by atoms with van der Waals surface area (Å²) in [5.74, 6) is 0.742. The highest BCUT2D eigenvalue weighted by Gasteiger charge is 2.25. The molecule has 22 heavy (non-hydrogen) atoms. The molecule has 2 heterocycles. The van der Waals surface area contributed by atoms with Crippen molar-refractivity contribution in [2.24, 2.45) is 11.7 Å². The maximum absolute atomic E-state index is 11.7. The van der Waals surface area contributed by atoms with E-state index >= 15 is 0 Å². The number of carbonyl (C=O) groups excluding carboxylic acids is 1. The third kappa shape index (κ3) is 6.05. The molecule has 2 rings (SSSR count). The molecule has 1 saturated heterocycles. The summed E-state index contributed by atoms with van der Waals surface area (Å²) in [7, 11) is 0. The van der Waals surface area contributed by atoms with Crippen LogP contribution in [0.3, 0.4) is 0 Å². The van der Waals surface area contributed by atoms with E-state index < -0.39 is 6.04 Å². The monoisotopic (exact) mass is 367 g/mol. The van der Waals surface area contributed by atoms with Crippen LogP contribution in [0.5, 0.6) is 0 Å². The van der Waals surface area contributed by atoms with Gasteiger partial charge in [0.15, 0.2) is 0 Å². The fourth-order valence-corrected chi connectivity index (χ4v) is 3.45. The first-order valence-corrected chi connectivity index (χ1v) is 8.26. The Morgan fingerprint density at radius 3 is 2.59 bits per heavy atom. The first-order chi connectivity index (χ1) is 9.58. The molecule has 0 aromatic carbocycles. The lowest BCUT2D eigenvalue weighted by Gasteiger charge is -2.36. The van der Waals surface area contributed by atoms with Crippen molar-refractivity contribution in [3.05, 3.63) is 22.4 Å². The van der Waals surface area contributed by atoms with E-state index in [0.717, 1.165) is 19.0 Å². The highest BCUT2D eigenvalue weighted by Crippen LogP contribution is 2.28. The number of nitrogens with one attached hydrogen (secondary N) is 1. The van der Waals surface area contributed by atoms with Crippen molar-refractivity contribution in [3.63, 3.8) is 0 Å². The van der Waals surface area contributed by atoms with Gasteiger partial charge in [0.2, 0.25) is 5.91 Å². The molecule has 0 bridgehead atoms. The van der Waals surface area contributed by atoms with Crippen LogP contribution in [0.2, 0.25) is 0 Å². The number of nitrogens with two attached hydrogens (primary N) is 1. The Kier molecular flexibility index (Phi) is 10.3. The van der Waals surface area contributed by atoms with E-state index in [2.05, 4.69) is 34.7 Å². The quantitative estimate of drug-likeness (QED) is 0.840. The average molecular weight is 368 g/mol. The zero-order valence-corrected chi connectivity index (χ0v) is 15.6. The molecule has 1 amide bonds. The topological polar surface area (TPSA) is 58.4 Å². The number of halogens is 2. The van der Waals surface area contributed by atoms with E-state index in [1.807, 2.05) is 0 Å². The minimum atomic E-state index is -0.444. The van der Waals surface area contributed by atoms with Gasteiger partial charge in [-0.3, -0.25) is 9.69 Å². The van der Waals surface area contributed by atoms with Crippen LogP contribution in [0.1, 0.15) is 37.6 Å². The Labute approximate surface area is 149 Å². The second kappa shape index (κ2) is 10.4. The van der Waals surface area contributed by atoms with Crippen LogP contribution >= 0.6 is 36.2 Å². The molecule has 1 unspecified atom stereocenters. The van der Waals surface area contributed by atoms with Gasteiger partial charge in [-0.05, 0) is 50.2 Å². The number of hydrogen-bond donors (Lipinski definition) is 2. The maximum Gasteiger partial charge on any atom is 0.236 e. The van der Waals surface area contributed by atoms with Crippen molar-refractivity contribution in [1.29, 1.82) is 0 Å². The summed E-state index contributed by atoms with van der Waals surface area (Å²) in [6, 6.07) is 4.07. The predicted molar refractivity (Wildman–Crippen MR) is 98.2 cm³/mol. The van der Waals surface area contributed by atoms with Gasteiger partial charge >= 0.3 is 0 Å². The molecule has 1 aromatic heterocycles. The van der Waals surface area contributed by atoms with Crippen molar-refractivity contribution >= 4 is 42.1 Å². The van der Waals surface area contributed by atoms with Gasteiger partial charge in [0.05, 0.1) is 12.1 Å². The van der Waals surface area contributed by atoms with Crippen molar-refractivity contribution in [3.8, 4) is 0 Å². The van der Waals surface area contributed by atoms with E-state index in [1.54, 1.807) is 18.3 Å². The zero-order valence-electron chi connectivity index (χ0n) is 13.2. The number of hydrogen-bond acceptors (Lipinski definition) is 4.